The summed E-state index contributed by atoms with van der Waals surface area (Å²) in [5.74, 6) is -3.01. The summed E-state index contributed by atoms with van der Waals surface area (Å²) in [5.41, 5.74) is 6.80. The van der Waals surface area contributed by atoms with E-state index < -0.39 is 47.5 Å². The summed E-state index contributed by atoms with van der Waals surface area (Å²) < 4.78 is 82.4. The number of nitrogens with one attached hydrogen (secondary N) is 2. The summed E-state index contributed by atoms with van der Waals surface area (Å²) in [6.45, 7) is -0.205. The number of tetrazole rings is 2. The van der Waals surface area contributed by atoms with E-state index in [2.05, 4.69) is 41.2 Å². The van der Waals surface area contributed by atoms with Crippen LogP contribution in [-0.2, 0) is 24.7 Å². The SMILES string of the molecule is NCCS(=O)(=O)c1ccc(-c2ccc(-c3nn[nH]n3)cc2)c(-c2nn[nH]n2)c1S(N)(=O)=O.O=C(O)C(F)(F)F. The van der Waals surface area contributed by atoms with Crippen molar-refractivity contribution in [2.45, 2.75) is 16.0 Å². The first kappa shape index (κ1) is 29.2. The van der Waals surface area contributed by atoms with Gasteiger partial charge >= 0.3 is 12.1 Å². The fraction of sp³-hybridized carbons (Fsp3) is 0.167. The zero-order valence-electron chi connectivity index (χ0n) is 19.2. The fourth-order valence-corrected chi connectivity index (χ4v) is 5.92. The van der Waals surface area contributed by atoms with Gasteiger partial charge in [-0.15, -0.1) is 20.4 Å². The minimum Gasteiger partial charge on any atom is -0.475 e. The lowest BCUT2D eigenvalue weighted by Crippen LogP contribution is -2.22. The number of sulfonamides is 1. The number of hydrogen-bond acceptors (Lipinski definition) is 12. The second kappa shape index (κ2) is 11.2. The van der Waals surface area contributed by atoms with Crippen molar-refractivity contribution in [1.29, 1.82) is 0 Å². The summed E-state index contributed by atoms with van der Waals surface area (Å²) in [4.78, 5) is 7.78. The van der Waals surface area contributed by atoms with Crippen molar-refractivity contribution in [3.05, 3.63) is 36.4 Å². The van der Waals surface area contributed by atoms with E-state index in [1.165, 1.54) is 12.1 Å². The molecule has 16 nitrogen and oxygen atoms in total. The van der Waals surface area contributed by atoms with E-state index in [1.807, 2.05) is 0 Å². The van der Waals surface area contributed by atoms with Gasteiger partial charge < -0.3 is 10.8 Å². The summed E-state index contributed by atoms with van der Waals surface area (Å²) in [7, 11) is -8.61. The Hall–Kier alpha value is -4.34. The maximum absolute atomic E-state index is 12.8. The molecule has 0 amide bonds. The number of carboxylic acids is 1. The first-order valence-electron chi connectivity index (χ1n) is 10.2. The molecule has 208 valence electrons. The van der Waals surface area contributed by atoms with Crippen molar-refractivity contribution in [3.8, 4) is 33.9 Å². The number of alkyl halides is 3. The molecular formula is C18H17F3N10O6S2. The molecule has 2 heterocycles. The van der Waals surface area contributed by atoms with Gasteiger partial charge in [0.15, 0.2) is 9.84 Å². The Bertz CT molecular complexity index is 1660. The van der Waals surface area contributed by atoms with Crippen LogP contribution in [0.2, 0.25) is 0 Å². The average Bonchev–Trinajstić information content (AvgIpc) is 3.57. The van der Waals surface area contributed by atoms with Crippen LogP contribution in [0.4, 0.5) is 13.2 Å². The molecule has 2 aromatic carbocycles. The number of aromatic amines is 2. The number of sulfone groups is 1. The highest BCUT2D eigenvalue weighted by atomic mass is 32.2. The Morgan fingerprint density at radius 2 is 1.41 bits per heavy atom. The topological polar surface area (TPSA) is 267 Å². The van der Waals surface area contributed by atoms with E-state index in [-0.39, 0.29) is 17.9 Å². The van der Waals surface area contributed by atoms with Crippen molar-refractivity contribution >= 4 is 25.8 Å². The lowest BCUT2D eigenvalue weighted by Gasteiger charge is -2.16. The summed E-state index contributed by atoms with van der Waals surface area (Å²) in [5, 5.41) is 39.6. The summed E-state index contributed by atoms with van der Waals surface area (Å²) in [6, 6.07) is 9.35. The highest BCUT2D eigenvalue weighted by Crippen LogP contribution is 2.39. The average molecular weight is 591 g/mol. The molecule has 0 aliphatic heterocycles. The lowest BCUT2D eigenvalue weighted by atomic mass is 9.98. The number of carbonyl (C=O) groups is 1. The fourth-order valence-electron chi connectivity index (χ4n) is 3.17. The number of H-pyrrole nitrogens is 2. The molecule has 21 heteroatoms. The Kier molecular flexibility index (Phi) is 8.38. The van der Waals surface area contributed by atoms with Gasteiger partial charge in [0.1, 0.15) is 4.90 Å². The molecule has 0 bridgehead atoms. The van der Waals surface area contributed by atoms with Gasteiger partial charge in [-0.1, -0.05) is 30.3 Å². The van der Waals surface area contributed by atoms with Crippen molar-refractivity contribution < 1.29 is 39.9 Å². The van der Waals surface area contributed by atoms with Gasteiger partial charge in [-0.2, -0.15) is 23.6 Å². The third kappa shape index (κ3) is 6.76. The highest BCUT2D eigenvalue weighted by molar-refractivity contribution is 7.93. The normalized spacial score (nSPS) is 12.0. The van der Waals surface area contributed by atoms with Gasteiger partial charge in [-0.25, -0.2) is 26.8 Å². The number of primary sulfonamides is 1. The van der Waals surface area contributed by atoms with E-state index in [1.54, 1.807) is 24.3 Å². The van der Waals surface area contributed by atoms with E-state index >= 15 is 0 Å². The zero-order valence-corrected chi connectivity index (χ0v) is 20.8. The van der Waals surface area contributed by atoms with E-state index in [0.29, 0.717) is 22.5 Å². The lowest BCUT2D eigenvalue weighted by molar-refractivity contribution is -0.192. The largest absolute Gasteiger partial charge is 0.490 e. The van der Waals surface area contributed by atoms with Crippen LogP contribution in [0.1, 0.15) is 0 Å². The molecule has 2 aromatic heterocycles. The highest BCUT2D eigenvalue weighted by Gasteiger charge is 2.38. The van der Waals surface area contributed by atoms with Crippen LogP contribution >= 0.6 is 0 Å². The number of hydrogen-bond donors (Lipinski definition) is 5. The van der Waals surface area contributed by atoms with Gasteiger partial charge in [-0.3, -0.25) is 0 Å². The van der Waals surface area contributed by atoms with Crippen LogP contribution in [0.15, 0.2) is 46.2 Å². The number of rotatable bonds is 7. The molecule has 0 spiro atoms. The number of aliphatic carboxylic acids is 1. The molecule has 0 unspecified atom stereocenters. The molecule has 0 aliphatic carbocycles. The quantitative estimate of drug-likeness (QED) is 0.186. The Labute approximate surface area is 216 Å². The minimum absolute atomic E-state index is 0.105. The molecule has 0 saturated carbocycles. The van der Waals surface area contributed by atoms with Gasteiger partial charge in [0, 0.05) is 12.1 Å². The molecule has 7 N–H and O–H groups in total. The van der Waals surface area contributed by atoms with Crippen LogP contribution in [0.5, 0.6) is 0 Å². The molecule has 4 aromatic rings. The molecule has 0 radical (unpaired) electrons. The third-order valence-electron chi connectivity index (χ3n) is 4.74. The predicted octanol–water partition coefficient (Wildman–Crippen LogP) is -0.273. The Balaban J connectivity index is 0.000000532. The standard InChI is InChI=1S/C16H16N10O4S2.C2HF3O2/c17-7-8-31(27,28)12-6-5-11(9-1-3-10(4-2-9)15-19-23-24-20-15)13(14(12)32(18,29)30)16-21-25-26-22-16;3-2(4,5)1(6)7/h1-6H,7-8,17H2,(H2,18,29,30)(H,19,20,23,24)(H,21,22,25,26);(H,6,7). The second-order valence-corrected chi connectivity index (χ2v) is 10.9. The van der Waals surface area contributed by atoms with Crippen LogP contribution < -0.4 is 10.9 Å². The number of benzene rings is 2. The number of nitrogens with two attached hydrogens (primary N) is 2. The number of carboxylic acid groups (broad SMARTS) is 1. The molecule has 39 heavy (non-hydrogen) atoms. The van der Waals surface area contributed by atoms with Crippen molar-refractivity contribution in [3.63, 3.8) is 0 Å². The second-order valence-electron chi connectivity index (χ2n) is 7.32. The van der Waals surface area contributed by atoms with Crippen LogP contribution in [0, 0.1) is 0 Å². The number of nitrogens with zero attached hydrogens (tertiary/aromatic N) is 6. The van der Waals surface area contributed by atoms with E-state index in [4.69, 9.17) is 20.8 Å². The van der Waals surface area contributed by atoms with Crippen LogP contribution in [0.3, 0.4) is 0 Å². The number of aromatic nitrogens is 8. The minimum atomic E-state index is -5.08. The number of halogens is 3. The molecular weight excluding hydrogens is 573 g/mol. The maximum atomic E-state index is 12.8. The Morgan fingerprint density at radius 3 is 1.85 bits per heavy atom. The maximum Gasteiger partial charge on any atom is 0.490 e. The first-order valence-corrected chi connectivity index (χ1v) is 13.4. The molecule has 0 fully saturated rings. The predicted molar refractivity (Wildman–Crippen MR) is 124 cm³/mol. The smallest absolute Gasteiger partial charge is 0.475 e. The van der Waals surface area contributed by atoms with Gasteiger partial charge in [0.25, 0.3) is 0 Å². The summed E-state index contributed by atoms with van der Waals surface area (Å²) >= 11 is 0. The molecule has 4 rings (SSSR count). The van der Waals surface area contributed by atoms with Crippen LogP contribution in [0.25, 0.3) is 33.9 Å². The van der Waals surface area contributed by atoms with Crippen molar-refractivity contribution in [2.75, 3.05) is 12.3 Å². The van der Waals surface area contributed by atoms with Crippen molar-refractivity contribution in [1.82, 2.24) is 41.2 Å². The van der Waals surface area contributed by atoms with Gasteiger partial charge in [0.2, 0.25) is 21.7 Å². The molecule has 0 aliphatic rings. The third-order valence-corrected chi connectivity index (χ3v) is 7.64. The first-order chi connectivity index (χ1) is 18.2. The zero-order chi connectivity index (χ0) is 29.0. The molecule has 0 atom stereocenters. The Morgan fingerprint density at radius 1 is 0.897 bits per heavy atom. The van der Waals surface area contributed by atoms with E-state index in [9.17, 15) is 30.0 Å². The van der Waals surface area contributed by atoms with Gasteiger partial charge in [0.05, 0.1) is 16.2 Å². The summed E-state index contributed by atoms with van der Waals surface area (Å²) in [6.07, 6.45) is -5.08. The van der Waals surface area contributed by atoms with Crippen molar-refractivity contribution in [2.24, 2.45) is 10.9 Å². The van der Waals surface area contributed by atoms with Gasteiger partial charge in [-0.05, 0) is 27.6 Å². The monoisotopic (exact) mass is 590 g/mol. The molecule has 0 saturated heterocycles. The van der Waals surface area contributed by atoms with E-state index in [0.717, 1.165) is 0 Å². The van der Waals surface area contributed by atoms with Crippen LogP contribution in [-0.4, -0.2) is 87.6 Å².